The maximum absolute atomic E-state index is 12.0. The van der Waals surface area contributed by atoms with E-state index in [2.05, 4.69) is 22.2 Å². The van der Waals surface area contributed by atoms with Gasteiger partial charge in [-0.2, -0.15) is 0 Å². The van der Waals surface area contributed by atoms with Crippen LogP contribution in [0.1, 0.15) is 25.3 Å². The highest BCUT2D eigenvalue weighted by atomic mass is 16.2. The van der Waals surface area contributed by atoms with Crippen molar-refractivity contribution in [3.63, 3.8) is 0 Å². The number of benzene rings is 1. The second-order valence-corrected chi connectivity index (χ2v) is 5.48. The lowest BCUT2D eigenvalue weighted by molar-refractivity contribution is -0.128. The maximum atomic E-state index is 12.0. The Morgan fingerprint density at radius 3 is 2.65 bits per heavy atom. The summed E-state index contributed by atoms with van der Waals surface area (Å²) in [5.74, 6) is -0.800. The standard InChI is InChI=1S/C16H22N4O3/c1-12(21)17-9-8-15(22)18-19-16(23)11-20-10-4-6-13-5-2-3-7-14(13)20/h2-3,5,7H,4,6,8-11H2,1H3,(H,17,21)(H,18,22)(H,19,23). The van der Waals surface area contributed by atoms with Crippen molar-refractivity contribution in [2.45, 2.75) is 26.2 Å². The first-order valence-electron chi connectivity index (χ1n) is 7.71. The Labute approximate surface area is 135 Å². The molecule has 3 N–H and O–H groups in total. The minimum absolute atomic E-state index is 0.117. The molecule has 2 rings (SSSR count). The van der Waals surface area contributed by atoms with E-state index in [1.807, 2.05) is 23.1 Å². The fourth-order valence-corrected chi connectivity index (χ4v) is 2.54. The lowest BCUT2D eigenvalue weighted by Crippen LogP contribution is -2.47. The number of nitrogens with one attached hydrogen (secondary N) is 3. The SMILES string of the molecule is CC(=O)NCCC(=O)NNC(=O)CN1CCCc2ccccc21. The number of hydrogen-bond donors (Lipinski definition) is 3. The van der Waals surface area contributed by atoms with E-state index in [0.29, 0.717) is 0 Å². The zero-order valence-corrected chi connectivity index (χ0v) is 13.2. The van der Waals surface area contributed by atoms with Crippen molar-refractivity contribution < 1.29 is 14.4 Å². The fourth-order valence-electron chi connectivity index (χ4n) is 2.54. The van der Waals surface area contributed by atoms with Gasteiger partial charge in [0.25, 0.3) is 5.91 Å². The van der Waals surface area contributed by atoms with Crippen LogP contribution >= 0.6 is 0 Å². The van der Waals surface area contributed by atoms with Crippen LogP contribution in [0.25, 0.3) is 0 Å². The number of hydrazine groups is 1. The summed E-state index contributed by atoms with van der Waals surface area (Å²) in [5, 5.41) is 2.52. The van der Waals surface area contributed by atoms with Gasteiger partial charge in [0.2, 0.25) is 11.8 Å². The second-order valence-electron chi connectivity index (χ2n) is 5.48. The zero-order chi connectivity index (χ0) is 16.7. The Morgan fingerprint density at radius 2 is 1.87 bits per heavy atom. The molecule has 0 aromatic heterocycles. The Bertz CT molecular complexity index is 588. The average Bonchev–Trinajstić information content (AvgIpc) is 2.53. The molecule has 23 heavy (non-hydrogen) atoms. The van der Waals surface area contributed by atoms with Crippen molar-refractivity contribution in [2.24, 2.45) is 0 Å². The van der Waals surface area contributed by atoms with Gasteiger partial charge in [-0.25, -0.2) is 0 Å². The molecule has 7 heteroatoms. The van der Waals surface area contributed by atoms with Crippen molar-refractivity contribution >= 4 is 23.4 Å². The van der Waals surface area contributed by atoms with Gasteiger partial charge in [-0.05, 0) is 24.5 Å². The zero-order valence-electron chi connectivity index (χ0n) is 13.2. The number of hydrogen-bond acceptors (Lipinski definition) is 4. The number of carbonyl (C=O) groups is 3. The number of rotatable bonds is 5. The van der Waals surface area contributed by atoms with E-state index in [1.54, 1.807) is 0 Å². The van der Waals surface area contributed by atoms with Gasteiger partial charge in [0.05, 0.1) is 6.54 Å². The van der Waals surface area contributed by atoms with Crippen LogP contribution in [0.4, 0.5) is 5.69 Å². The van der Waals surface area contributed by atoms with Crippen LogP contribution in [-0.2, 0) is 20.8 Å². The number of aryl methyl sites for hydroxylation is 1. The first-order valence-corrected chi connectivity index (χ1v) is 7.71. The first kappa shape index (κ1) is 16.8. The lowest BCUT2D eigenvalue weighted by Gasteiger charge is -2.30. The fraction of sp³-hybridized carbons (Fsp3) is 0.438. The molecule has 0 saturated carbocycles. The Balaban J connectivity index is 1.75. The van der Waals surface area contributed by atoms with E-state index < -0.39 is 0 Å². The number of fused-ring (bicyclic) bond motifs is 1. The average molecular weight is 318 g/mol. The third-order valence-electron chi connectivity index (χ3n) is 3.61. The van der Waals surface area contributed by atoms with Crippen LogP contribution in [0.2, 0.25) is 0 Å². The third-order valence-corrected chi connectivity index (χ3v) is 3.61. The molecule has 1 aromatic carbocycles. The van der Waals surface area contributed by atoms with Crippen LogP contribution in [0.5, 0.6) is 0 Å². The van der Waals surface area contributed by atoms with Crippen LogP contribution < -0.4 is 21.1 Å². The summed E-state index contributed by atoms with van der Waals surface area (Å²) in [4.78, 5) is 36.2. The van der Waals surface area contributed by atoms with Gasteiger partial charge < -0.3 is 10.2 Å². The summed E-state index contributed by atoms with van der Waals surface area (Å²) in [7, 11) is 0. The van der Waals surface area contributed by atoms with Crippen molar-refractivity contribution in [3.8, 4) is 0 Å². The maximum Gasteiger partial charge on any atom is 0.257 e. The van der Waals surface area contributed by atoms with Gasteiger partial charge >= 0.3 is 0 Å². The minimum atomic E-state index is -0.342. The highest BCUT2D eigenvalue weighted by Crippen LogP contribution is 2.25. The van der Waals surface area contributed by atoms with Gasteiger partial charge in [0, 0.05) is 32.1 Å². The topological polar surface area (TPSA) is 90.5 Å². The summed E-state index contributed by atoms with van der Waals surface area (Å²) in [6.45, 7) is 2.65. The van der Waals surface area contributed by atoms with Crippen LogP contribution in [0, 0.1) is 0 Å². The first-order chi connectivity index (χ1) is 11.1. The van der Waals surface area contributed by atoms with E-state index in [-0.39, 0.29) is 37.2 Å². The molecule has 1 aromatic rings. The van der Waals surface area contributed by atoms with Gasteiger partial charge in [-0.15, -0.1) is 0 Å². The molecule has 0 fully saturated rings. The number of amides is 3. The molecule has 0 aliphatic carbocycles. The summed E-state index contributed by atoms with van der Waals surface area (Å²) in [6, 6.07) is 8.04. The van der Waals surface area contributed by atoms with Crippen LogP contribution in [0.3, 0.4) is 0 Å². The third kappa shape index (κ3) is 5.28. The molecule has 7 nitrogen and oxygen atoms in total. The summed E-state index contributed by atoms with van der Waals surface area (Å²) in [5.41, 5.74) is 7.08. The molecular weight excluding hydrogens is 296 g/mol. The number of carbonyl (C=O) groups excluding carboxylic acids is 3. The van der Waals surface area contributed by atoms with Gasteiger partial charge in [0.15, 0.2) is 0 Å². The molecule has 0 radical (unpaired) electrons. The van der Waals surface area contributed by atoms with Crippen molar-refractivity contribution in [1.82, 2.24) is 16.2 Å². The largest absolute Gasteiger partial charge is 0.362 e. The molecule has 1 aliphatic rings. The molecule has 1 aliphatic heterocycles. The van der Waals surface area contributed by atoms with Crippen LogP contribution in [0.15, 0.2) is 24.3 Å². The molecule has 3 amide bonds. The quantitative estimate of drug-likeness (QED) is 0.672. The number of para-hydroxylation sites is 1. The van der Waals surface area contributed by atoms with E-state index in [9.17, 15) is 14.4 Å². The van der Waals surface area contributed by atoms with E-state index >= 15 is 0 Å². The summed E-state index contributed by atoms with van der Waals surface area (Å²) >= 11 is 0. The van der Waals surface area contributed by atoms with E-state index in [1.165, 1.54) is 12.5 Å². The highest BCUT2D eigenvalue weighted by Gasteiger charge is 2.18. The summed E-state index contributed by atoms with van der Waals surface area (Å²) < 4.78 is 0. The molecule has 1 heterocycles. The molecule has 0 atom stereocenters. The molecule has 124 valence electrons. The highest BCUT2D eigenvalue weighted by molar-refractivity contribution is 5.85. The van der Waals surface area contributed by atoms with Crippen molar-refractivity contribution in [3.05, 3.63) is 29.8 Å². The lowest BCUT2D eigenvalue weighted by atomic mass is 10.0. The Morgan fingerprint density at radius 1 is 1.13 bits per heavy atom. The van der Waals surface area contributed by atoms with Gasteiger partial charge in [-0.1, -0.05) is 18.2 Å². The van der Waals surface area contributed by atoms with Crippen molar-refractivity contribution in [1.29, 1.82) is 0 Å². The number of anilines is 1. The monoisotopic (exact) mass is 318 g/mol. The molecule has 0 unspecified atom stereocenters. The molecule has 0 saturated heterocycles. The Hall–Kier alpha value is -2.57. The smallest absolute Gasteiger partial charge is 0.257 e. The molecule has 0 spiro atoms. The molecular formula is C16H22N4O3. The minimum Gasteiger partial charge on any atom is -0.362 e. The van der Waals surface area contributed by atoms with E-state index in [0.717, 1.165) is 25.1 Å². The summed E-state index contributed by atoms with van der Waals surface area (Å²) in [6.07, 6.45) is 2.15. The normalized spacial score (nSPS) is 13.0. The predicted molar refractivity (Wildman–Crippen MR) is 86.6 cm³/mol. The number of nitrogens with zero attached hydrogens (tertiary/aromatic N) is 1. The van der Waals surface area contributed by atoms with Gasteiger partial charge in [-0.3, -0.25) is 25.2 Å². The van der Waals surface area contributed by atoms with Crippen molar-refractivity contribution in [2.75, 3.05) is 24.5 Å². The van der Waals surface area contributed by atoms with E-state index in [4.69, 9.17) is 0 Å². The Kier molecular flexibility index (Phi) is 5.96. The molecule has 0 bridgehead atoms. The van der Waals surface area contributed by atoms with Crippen LogP contribution in [-0.4, -0.2) is 37.4 Å². The predicted octanol–water partition coefficient (Wildman–Crippen LogP) is 0.113. The van der Waals surface area contributed by atoms with Gasteiger partial charge in [0.1, 0.15) is 0 Å². The second kappa shape index (κ2) is 8.17.